The van der Waals surface area contributed by atoms with E-state index in [1.54, 1.807) is 0 Å². The summed E-state index contributed by atoms with van der Waals surface area (Å²) in [5, 5.41) is 7.37. The van der Waals surface area contributed by atoms with E-state index in [0.717, 1.165) is 12.8 Å². The molecular formula is C7H11N3O2. The van der Waals surface area contributed by atoms with E-state index < -0.39 is 0 Å². The summed E-state index contributed by atoms with van der Waals surface area (Å²) in [6, 6.07) is 0.157. The van der Waals surface area contributed by atoms with Crippen LogP contribution in [0.2, 0.25) is 0 Å². The molecule has 1 aromatic rings. The summed E-state index contributed by atoms with van der Waals surface area (Å²) in [6.45, 7) is 0.576. The van der Waals surface area contributed by atoms with Gasteiger partial charge in [0.15, 0.2) is 0 Å². The molecule has 0 aliphatic carbocycles. The number of rotatable bonds is 1. The van der Waals surface area contributed by atoms with E-state index in [9.17, 15) is 0 Å². The van der Waals surface area contributed by atoms with Gasteiger partial charge in [0.1, 0.15) is 6.10 Å². The molecule has 1 unspecified atom stereocenters. The lowest BCUT2D eigenvalue weighted by atomic mass is 10.1. The quantitative estimate of drug-likeness (QED) is 0.652. The molecule has 1 fully saturated rings. The highest BCUT2D eigenvalue weighted by atomic mass is 16.5. The van der Waals surface area contributed by atoms with Gasteiger partial charge in [-0.3, -0.25) is 0 Å². The predicted octanol–water partition coefficient (Wildman–Crippen LogP) is 0.248. The van der Waals surface area contributed by atoms with Gasteiger partial charge in [-0.15, -0.1) is 10.2 Å². The Hall–Kier alpha value is -0.940. The van der Waals surface area contributed by atoms with E-state index in [4.69, 9.17) is 14.9 Å². The minimum absolute atomic E-state index is 0.0488. The van der Waals surface area contributed by atoms with Crippen molar-refractivity contribution in [2.24, 2.45) is 5.73 Å². The molecule has 1 aromatic heterocycles. The van der Waals surface area contributed by atoms with Crippen molar-refractivity contribution in [1.82, 2.24) is 10.2 Å². The molecule has 0 saturated carbocycles. The van der Waals surface area contributed by atoms with Gasteiger partial charge in [-0.25, -0.2) is 0 Å². The van der Waals surface area contributed by atoms with Gasteiger partial charge in [-0.1, -0.05) is 0 Å². The van der Waals surface area contributed by atoms with Crippen LogP contribution in [0.15, 0.2) is 10.8 Å². The Kier molecular flexibility index (Phi) is 2.05. The standard InChI is InChI=1S/C7H11N3O2/c8-5-1-2-6(11-3-5)7-10-9-4-12-7/h4-6H,1-3,8H2/t5?,6-/m0/s1. The Morgan fingerprint density at radius 3 is 3.00 bits per heavy atom. The molecule has 0 spiro atoms. The van der Waals surface area contributed by atoms with E-state index in [0.29, 0.717) is 12.5 Å². The molecule has 5 heteroatoms. The minimum Gasteiger partial charge on any atom is -0.425 e. The highest BCUT2D eigenvalue weighted by Gasteiger charge is 2.23. The maximum Gasteiger partial charge on any atom is 0.244 e. The van der Waals surface area contributed by atoms with Crippen molar-refractivity contribution in [2.75, 3.05) is 6.61 Å². The number of hydrogen-bond acceptors (Lipinski definition) is 5. The number of nitrogens with zero attached hydrogens (tertiary/aromatic N) is 2. The van der Waals surface area contributed by atoms with E-state index in [1.807, 2.05) is 0 Å². The molecule has 2 atom stereocenters. The van der Waals surface area contributed by atoms with Crippen LogP contribution in [0.1, 0.15) is 24.8 Å². The highest BCUT2D eigenvalue weighted by Crippen LogP contribution is 2.25. The first kappa shape index (κ1) is 7.70. The van der Waals surface area contributed by atoms with Crippen LogP contribution in [0, 0.1) is 0 Å². The number of hydrogen-bond donors (Lipinski definition) is 1. The molecule has 1 aliphatic rings. The summed E-state index contributed by atoms with van der Waals surface area (Å²) in [7, 11) is 0. The van der Waals surface area contributed by atoms with Gasteiger partial charge < -0.3 is 14.9 Å². The SMILES string of the molecule is NC1CC[C@@H](c2nnco2)OC1. The Labute approximate surface area is 69.9 Å². The van der Waals surface area contributed by atoms with Gasteiger partial charge in [-0.05, 0) is 12.8 Å². The Bertz CT molecular complexity index is 229. The van der Waals surface area contributed by atoms with Crippen molar-refractivity contribution in [3.63, 3.8) is 0 Å². The number of aromatic nitrogens is 2. The maximum absolute atomic E-state index is 5.66. The Morgan fingerprint density at radius 2 is 2.42 bits per heavy atom. The van der Waals surface area contributed by atoms with Gasteiger partial charge in [-0.2, -0.15) is 0 Å². The zero-order valence-corrected chi connectivity index (χ0v) is 6.64. The lowest BCUT2D eigenvalue weighted by molar-refractivity contribution is -0.0114. The van der Waals surface area contributed by atoms with Crippen LogP contribution in [0.3, 0.4) is 0 Å². The molecule has 0 bridgehead atoms. The average Bonchev–Trinajstić information content (AvgIpc) is 2.58. The van der Waals surface area contributed by atoms with Crippen molar-refractivity contribution >= 4 is 0 Å². The van der Waals surface area contributed by atoms with Crippen molar-refractivity contribution in [3.05, 3.63) is 12.3 Å². The molecule has 66 valence electrons. The van der Waals surface area contributed by atoms with Crippen LogP contribution in [-0.4, -0.2) is 22.8 Å². The molecular weight excluding hydrogens is 158 g/mol. The normalized spacial score (nSPS) is 30.4. The summed E-state index contributed by atoms with van der Waals surface area (Å²) in [5.41, 5.74) is 5.66. The molecule has 0 radical (unpaired) electrons. The average molecular weight is 169 g/mol. The largest absolute Gasteiger partial charge is 0.425 e. The molecule has 2 heterocycles. The second kappa shape index (κ2) is 3.20. The highest BCUT2D eigenvalue weighted by molar-refractivity contribution is 4.85. The summed E-state index contributed by atoms with van der Waals surface area (Å²) in [5.74, 6) is 0.557. The van der Waals surface area contributed by atoms with Crippen LogP contribution in [0.5, 0.6) is 0 Å². The molecule has 0 aromatic carbocycles. The molecule has 0 amide bonds. The lowest BCUT2D eigenvalue weighted by Crippen LogP contribution is -2.32. The molecule has 12 heavy (non-hydrogen) atoms. The third-order valence-electron chi connectivity index (χ3n) is 1.96. The van der Waals surface area contributed by atoms with Gasteiger partial charge in [0, 0.05) is 6.04 Å². The monoisotopic (exact) mass is 169 g/mol. The Balaban J connectivity index is 1.99. The summed E-state index contributed by atoms with van der Waals surface area (Å²) < 4.78 is 10.4. The third kappa shape index (κ3) is 1.46. The zero-order chi connectivity index (χ0) is 8.39. The second-order valence-electron chi connectivity index (χ2n) is 2.94. The van der Waals surface area contributed by atoms with E-state index >= 15 is 0 Å². The first-order valence-electron chi connectivity index (χ1n) is 3.99. The van der Waals surface area contributed by atoms with Crippen molar-refractivity contribution in [2.45, 2.75) is 25.0 Å². The predicted molar refractivity (Wildman–Crippen MR) is 40.2 cm³/mol. The van der Waals surface area contributed by atoms with Crippen LogP contribution in [0.25, 0.3) is 0 Å². The van der Waals surface area contributed by atoms with Crippen LogP contribution in [-0.2, 0) is 4.74 Å². The summed E-state index contributed by atoms with van der Waals surface area (Å²) >= 11 is 0. The topological polar surface area (TPSA) is 74.2 Å². The fourth-order valence-electron chi connectivity index (χ4n) is 1.29. The molecule has 1 saturated heterocycles. The number of nitrogens with two attached hydrogens (primary N) is 1. The summed E-state index contributed by atoms with van der Waals surface area (Å²) in [4.78, 5) is 0. The van der Waals surface area contributed by atoms with Crippen molar-refractivity contribution < 1.29 is 9.15 Å². The molecule has 1 aliphatic heterocycles. The van der Waals surface area contributed by atoms with Crippen molar-refractivity contribution in [1.29, 1.82) is 0 Å². The zero-order valence-electron chi connectivity index (χ0n) is 6.64. The second-order valence-corrected chi connectivity index (χ2v) is 2.94. The fraction of sp³-hybridized carbons (Fsp3) is 0.714. The van der Waals surface area contributed by atoms with Gasteiger partial charge in [0.2, 0.25) is 12.3 Å². The first-order valence-corrected chi connectivity index (χ1v) is 3.99. The number of ether oxygens (including phenoxy) is 1. The maximum atomic E-state index is 5.66. The molecule has 5 nitrogen and oxygen atoms in total. The first-order chi connectivity index (χ1) is 5.86. The van der Waals surface area contributed by atoms with Crippen LogP contribution in [0.4, 0.5) is 0 Å². The third-order valence-corrected chi connectivity index (χ3v) is 1.96. The molecule has 2 N–H and O–H groups in total. The lowest BCUT2D eigenvalue weighted by Gasteiger charge is -2.23. The van der Waals surface area contributed by atoms with E-state index in [1.165, 1.54) is 6.39 Å². The van der Waals surface area contributed by atoms with Crippen LogP contribution >= 0.6 is 0 Å². The van der Waals surface area contributed by atoms with Gasteiger partial charge in [0.25, 0.3) is 0 Å². The summed E-state index contributed by atoms with van der Waals surface area (Å²) in [6.07, 6.45) is 3.08. The van der Waals surface area contributed by atoms with E-state index in [-0.39, 0.29) is 12.1 Å². The van der Waals surface area contributed by atoms with Gasteiger partial charge >= 0.3 is 0 Å². The van der Waals surface area contributed by atoms with E-state index in [2.05, 4.69) is 10.2 Å². The smallest absolute Gasteiger partial charge is 0.244 e. The van der Waals surface area contributed by atoms with Gasteiger partial charge in [0.05, 0.1) is 6.61 Å². The van der Waals surface area contributed by atoms with Crippen LogP contribution < -0.4 is 5.73 Å². The molecule has 2 rings (SSSR count). The fourth-order valence-corrected chi connectivity index (χ4v) is 1.29. The minimum atomic E-state index is -0.0488. The van der Waals surface area contributed by atoms with Crippen molar-refractivity contribution in [3.8, 4) is 0 Å². The Morgan fingerprint density at radius 1 is 1.50 bits per heavy atom.